The molecule has 1 aliphatic rings. The van der Waals surface area contributed by atoms with E-state index < -0.39 is 0 Å². The number of rotatable bonds is 3. The van der Waals surface area contributed by atoms with Crippen LogP contribution >= 0.6 is 11.8 Å². The average Bonchev–Trinajstić information content (AvgIpc) is 2.06. The zero-order chi connectivity index (χ0) is 8.10. The van der Waals surface area contributed by atoms with E-state index in [-0.39, 0.29) is 0 Å². The van der Waals surface area contributed by atoms with Crippen LogP contribution in [0.3, 0.4) is 0 Å². The molecule has 0 amide bonds. The quantitative estimate of drug-likeness (QED) is 0.650. The first-order valence-corrected chi connectivity index (χ1v) is 5.80. The Morgan fingerprint density at radius 1 is 1.45 bits per heavy atom. The first-order chi connectivity index (χ1) is 5.36. The van der Waals surface area contributed by atoms with Gasteiger partial charge in [0.1, 0.15) is 0 Å². The molecule has 1 fully saturated rings. The van der Waals surface area contributed by atoms with Crippen molar-refractivity contribution in [1.82, 2.24) is 0 Å². The maximum absolute atomic E-state index is 5.60. The summed E-state index contributed by atoms with van der Waals surface area (Å²) in [6, 6.07) is 0. The molecule has 1 saturated carbocycles. The van der Waals surface area contributed by atoms with Gasteiger partial charge >= 0.3 is 0 Å². The molecule has 0 radical (unpaired) electrons. The minimum Gasteiger partial charge on any atom is -0.378 e. The van der Waals surface area contributed by atoms with E-state index in [1.54, 1.807) is 0 Å². The smallest absolute Gasteiger partial charge is 0.0585 e. The van der Waals surface area contributed by atoms with E-state index in [9.17, 15) is 0 Å². The van der Waals surface area contributed by atoms with Crippen molar-refractivity contribution in [2.75, 3.05) is 12.9 Å². The summed E-state index contributed by atoms with van der Waals surface area (Å²) in [6.07, 6.45) is 8.08. The van der Waals surface area contributed by atoms with Crippen molar-refractivity contribution >= 4 is 11.8 Å². The van der Waals surface area contributed by atoms with Gasteiger partial charge in [-0.2, -0.15) is 11.8 Å². The molecule has 2 heteroatoms. The predicted molar refractivity (Wildman–Crippen MR) is 51.2 cm³/mol. The standard InChI is InChI=1S/C9H18OS/c1-3-10-8-5-4-6-9(7-8)11-2/h8-9H,3-7H2,1-2H3. The molecular weight excluding hydrogens is 156 g/mol. The molecule has 0 saturated heterocycles. The second-order valence-electron chi connectivity index (χ2n) is 3.10. The lowest BCUT2D eigenvalue weighted by atomic mass is 9.97. The number of hydrogen-bond acceptors (Lipinski definition) is 2. The summed E-state index contributed by atoms with van der Waals surface area (Å²) in [5.74, 6) is 0. The lowest BCUT2D eigenvalue weighted by Crippen LogP contribution is -2.24. The van der Waals surface area contributed by atoms with Crippen LogP contribution in [0.5, 0.6) is 0 Å². The highest BCUT2D eigenvalue weighted by Gasteiger charge is 2.20. The van der Waals surface area contributed by atoms with Crippen LogP contribution < -0.4 is 0 Å². The van der Waals surface area contributed by atoms with E-state index in [4.69, 9.17) is 4.74 Å². The molecule has 1 aliphatic carbocycles. The van der Waals surface area contributed by atoms with E-state index in [0.717, 1.165) is 11.9 Å². The SMILES string of the molecule is CCOC1CCCC(SC)C1. The summed E-state index contributed by atoms with van der Waals surface area (Å²) < 4.78 is 5.60. The van der Waals surface area contributed by atoms with Crippen LogP contribution in [0.4, 0.5) is 0 Å². The summed E-state index contributed by atoms with van der Waals surface area (Å²) in [4.78, 5) is 0. The van der Waals surface area contributed by atoms with Crippen molar-refractivity contribution in [3.8, 4) is 0 Å². The molecule has 66 valence electrons. The van der Waals surface area contributed by atoms with Crippen molar-refractivity contribution < 1.29 is 4.74 Å². The van der Waals surface area contributed by atoms with Gasteiger partial charge in [0, 0.05) is 11.9 Å². The molecule has 2 atom stereocenters. The normalized spacial score (nSPS) is 32.2. The molecule has 0 heterocycles. The summed E-state index contributed by atoms with van der Waals surface area (Å²) in [5.41, 5.74) is 0. The van der Waals surface area contributed by atoms with E-state index in [0.29, 0.717) is 6.10 Å². The molecule has 0 spiro atoms. The third-order valence-corrected chi connectivity index (χ3v) is 3.41. The molecular formula is C9H18OS. The molecule has 0 aromatic rings. The Hall–Kier alpha value is 0.310. The molecule has 1 nitrogen and oxygen atoms in total. The zero-order valence-electron chi connectivity index (χ0n) is 7.51. The van der Waals surface area contributed by atoms with Crippen LogP contribution in [0.25, 0.3) is 0 Å². The van der Waals surface area contributed by atoms with Crippen LogP contribution in [0.1, 0.15) is 32.6 Å². The van der Waals surface area contributed by atoms with Crippen LogP contribution in [0.2, 0.25) is 0 Å². The van der Waals surface area contributed by atoms with Crippen molar-refractivity contribution in [3.05, 3.63) is 0 Å². The maximum atomic E-state index is 5.60. The molecule has 11 heavy (non-hydrogen) atoms. The van der Waals surface area contributed by atoms with Crippen molar-refractivity contribution in [1.29, 1.82) is 0 Å². The highest BCUT2D eigenvalue weighted by molar-refractivity contribution is 7.99. The third kappa shape index (κ3) is 3.04. The Balaban J connectivity index is 2.21. The second-order valence-corrected chi connectivity index (χ2v) is 4.24. The number of ether oxygens (including phenoxy) is 1. The minimum absolute atomic E-state index is 0.561. The summed E-state index contributed by atoms with van der Waals surface area (Å²) in [5, 5.41) is 0.861. The Bertz CT molecular complexity index is 104. The largest absolute Gasteiger partial charge is 0.378 e. The zero-order valence-corrected chi connectivity index (χ0v) is 8.32. The van der Waals surface area contributed by atoms with E-state index >= 15 is 0 Å². The first kappa shape index (κ1) is 9.40. The fourth-order valence-corrected chi connectivity index (χ4v) is 2.51. The first-order valence-electron chi connectivity index (χ1n) is 4.51. The Kier molecular flexibility index (Phi) is 4.31. The van der Waals surface area contributed by atoms with E-state index in [1.807, 2.05) is 11.8 Å². The number of thioether (sulfide) groups is 1. The fourth-order valence-electron chi connectivity index (χ4n) is 1.70. The molecule has 0 aromatic heterocycles. The van der Waals surface area contributed by atoms with Crippen LogP contribution in [0.15, 0.2) is 0 Å². The van der Waals surface area contributed by atoms with E-state index in [2.05, 4.69) is 13.2 Å². The van der Waals surface area contributed by atoms with Crippen LogP contribution in [0, 0.1) is 0 Å². The average molecular weight is 174 g/mol. The molecule has 0 N–H and O–H groups in total. The monoisotopic (exact) mass is 174 g/mol. The predicted octanol–water partition coefficient (Wildman–Crippen LogP) is 2.70. The van der Waals surface area contributed by atoms with Crippen LogP contribution in [-0.4, -0.2) is 24.2 Å². The van der Waals surface area contributed by atoms with Gasteiger partial charge in [-0.25, -0.2) is 0 Å². The lowest BCUT2D eigenvalue weighted by Gasteiger charge is -2.27. The van der Waals surface area contributed by atoms with Crippen LogP contribution in [-0.2, 0) is 4.74 Å². The van der Waals surface area contributed by atoms with Gasteiger partial charge in [0.25, 0.3) is 0 Å². The van der Waals surface area contributed by atoms with Crippen molar-refractivity contribution in [2.45, 2.75) is 44.0 Å². The molecule has 0 bridgehead atoms. The summed E-state index contributed by atoms with van der Waals surface area (Å²) >= 11 is 2.00. The highest BCUT2D eigenvalue weighted by Crippen LogP contribution is 2.28. The van der Waals surface area contributed by atoms with Gasteiger partial charge < -0.3 is 4.74 Å². The van der Waals surface area contributed by atoms with Gasteiger partial charge in [-0.15, -0.1) is 0 Å². The summed E-state index contributed by atoms with van der Waals surface area (Å²) in [7, 11) is 0. The Labute approximate surface area is 73.9 Å². The van der Waals surface area contributed by atoms with Crippen molar-refractivity contribution in [2.24, 2.45) is 0 Å². The molecule has 0 aromatic carbocycles. The van der Waals surface area contributed by atoms with Gasteiger partial charge in [-0.1, -0.05) is 0 Å². The lowest BCUT2D eigenvalue weighted by molar-refractivity contribution is 0.0386. The van der Waals surface area contributed by atoms with Crippen molar-refractivity contribution in [3.63, 3.8) is 0 Å². The van der Waals surface area contributed by atoms with Gasteiger partial charge in [-0.3, -0.25) is 0 Å². The fraction of sp³-hybridized carbons (Fsp3) is 1.00. The topological polar surface area (TPSA) is 9.23 Å². The Morgan fingerprint density at radius 2 is 2.27 bits per heavy atom. The van der Waals surface area contributed by atoms with Gasteiger partial charge in [0.05, 0.1) is 6.10 Å². The second kappa shape index (κ2) is 5.04. The Morgan fingerprint density at radius 3 is 2.91 bits per heavy atom. The minimum atomic E-state index is 0.561. The maximum Gasteiger partial charge on any atom is 0.0585 e. The van der Waals surface area contributed by atoms with Gasteiger partial charge in [0.2, 0.25) is 0 Å². The van der Waals surface area contributed by atoms with E-state index in [1.165, 1.54) is 25.7 Å². The molecule has 1 rings (SSSR count). The number of hydrogen-bond donors (Lipinski definition) is 0. The highest BCUT2D eigenvalue weighted by atomic mass is 32.2. The molecule has 2 unspecified atom stereocenters. The van der Waals surface area contributed by atoms with Gasteiger partial charge in [-0.05, 0) is 38.9 Å². The third-order valence-electron chi connectivity index (χ3n) is 2.31. The molecule has 0 aliphatic heterocycles. The van der Waals surface area contributed by atoms with Gasteiger partial charge in [0.15, 0.2) is 0 Å². The summed E-state index contributed by atoms with van der Waals surface area (Å²) in [6.45, 7) is 2.97.